The number of nitrogens with zero attached hydrogens (tertiary/aromatic N) is 1. The maximum atomic E-state index is 12.2. The van der Waals surface area contributed by atoms with Crippen molar-refractivity contribution in [3.05, 3.63) is 64.7 Å². The second-order valence-electron chi connectivity index (χ2n) is 5.10. The van der Waals surface area contributed by atoms with Crippen molar-refractivity contribution < 1.29 is 9.59 Å². The topological polar surface area (TPSA) is 71.1 Å². The molecule has 5 nitrogen and oxygen atoms in total. The van der Waals surface area contributed by atoms with Crippen LogP contribution in [0.1, 0.15) is 25.7 Å². The third kappa shape index (κ3) is 3.84. The quantitative estimate of drug-likeness (QED) is 0.714. The summed E-state index contributed by atoms with van der Waals surface area (Å²) >= 11 is 1.34. The Kier molecular flexibility index (Phi) is 5.07. The van der Waals surface area contributed by atoms with Gasteiger partial charge in [-0.3, -0.25) is 9.59 Å². The third-order valence-corrected chi connectivity index (χ3v) is 4.48. The molecule has 0 aliphatic carbocycles. The van der Waals surface area contributed by atoms with E-state index >= 15 is 0 Å². The van der Waals surface area contributed by atoms with Crippen LogP contribution >= 0.6 is 11.3 Å². The summed E-state index contributed by atoms with van der Waals surface area (Å²) in [7, 11) is 1.57. The minimum absolute atomic E-state index is 0.177. The van der Waals surface area contributed by atoms with E-state index < -0.39 is 0 Å². The van der Waals surface area contributed by atoms with Crippen molar-refractivity contribution in [1.29, 1.82) is 0 Å². The molecule has 6 heteroatoms. The molecule has 0 saturated heterocycles. The number of benzene rings is 2. The molecule has 3 aromatic rings. The molecule has 0 spiro atoms. The molecule has 0 aliphatic heterocycles. The van der Waals surface area contributed by atoms with E-state index in [9.17, 15) is 9.59 Å². The number of carbonyl (C=O) groups is 2. The van der Waals surface area contributed by atoms with Gasteiger partial charge in [0.05, 0.1) is 22.3 Å². The minimum atomic E-state index is -0.255. The zero-order chi connectivity index (χ0) is 17.6. The molecule has 0 unspecified atom stereocenters. The number of carbonyl (C=O) groups excluding carboxylic acids is 2. The van der Waals surface area contributed by atoms with Crippen molar-refractivity contribution in [2.45, 2.75) is 0 Å². The molecular weight excluding hydrogens is 334 g/mol. The predicted octanol–water partition coefficient (Wildman–Crippen LogP) is 2.44. The van der Waals surface area contributed by atoms with Gasteiger partial charge in [0.2, 0.25) is 0 Å². The molecule has 0 saturated carbocycles. The van der Waals surface area contributed by atoms with Crippen molar-refractivity contribution in [1.82, 2.24) is 15.6 Å². The second kappa shape index (κ2) is 7.60. The van der Waals surface area contributed by atoms with Gasteiger partial charge in [-0.25, -0.2) is 4.98 Å². The Morgan fingerprint density at radius 2 is 1.84 bits per heavy atom. The van der Waals surface area contributed by atoms with Gasteiger partial charge in [-0.15, -0.1) is 11.3 Å². The zero-order valence-electron chi connectivity index (χ0n) is 13.5. The van der Waals surface area contributed by atoms with Gasteiger partial charge in [-0.1, -0.05) is 36.1 Å². The molecule has 124 valence electrons. The first-order valence-electron chi connectivity index (χ1n) is 7.63. The lowest BCUT2D eigenvalue weighted by atomic mass is 10.1. The summed E-state index contributed by atoms with van der Waals surface area (Å²) in [5, 5.41) is 5.72. The number of aromatic nitrogens is 1. The smallest absolute Gasteiger partial charge is 0.281 e. The fourth-order valence-corrected chi connectivity index (χ4v) is 3.12. The molecule has 2 aromatic carbocycles. The van der Waals surface area contributed by atoms with E-state index in [4.69, 9.17) is 0 Å². The first kappa shape index (κ1) is 16.7. The van der Waals surface area contributed by atoms with E-state index in [1.54, 1.807) is 25.2 Å². The van der Waals surface area contributed by atoms with E-state index in [1.165, 1.54) is 11.3 Å². The highest BCUT2D eigenvalue weighted by Gasteiger charge is 2.11. The Bertz CT molecular complexity index is 965. The number of nitrogens with one attached hydrogen (secondary N) is 2. The zero-order valence-corrected chi connectivity index (χ0v) is 14.3. The molecule has 0 bridgehead atoms. The van der Waals surface area contributed by atoms with Crippen molar-refractivity contribution >= 4 is 33.4 Å². The Balaban J connectivity index is 1.67. The highest BCUT2D eigenvalue weighted by atomic mass is 32.1. The highest BCUT2D eigenvalue weighted by molar-refractivity contribution is 7.20. The Labute approximate surface area is 149 Å². The van der Waals surface area contributed by atoms with Crippen LogP contribution in [-0.4, -0.2) is 30.4 Å². The van der Waals surface area contributed by atoms with Crippen molar-refractivity contribution in [3.63, 3.8) is 0 Å². The van der Waals surface area contributed by atoms with E-state index in [0.717, 1.165) is 10.2 Å². The standard InChI is InChI=1S/C19H15N3O2S/c1-20-17(23)14-9-3-2-7-13(14)8-6-12-21-18(24)19-22-15-10-4-5-11-16(15)25-19/h2-5,7,9-11H,12H2,1H3,(H,20,23)(H,21,24). The number of rotatable bonds is 3. The van der Waals surface area contributed by atoms with Crippen molar-refractivity contribution in [3.8, 4) is 11.8 Å². The summed E-state index contributed by atoms with van der Waals surface area (Å²) in [5.41, 5.74) is 1.94. The van der Waals surface area contributed by atoms with Gasteiger partial charge in [-0.05, 0) is 24.3 Å². The maximum Gasteiger partial charge on any atom is 0.281 e. The van der Waals surface area contributed by atoms with Crippen LogP contribution in [0.4, 0.5) is 0 Å². The lowest BCUT2D eigenvalue weighted by Gasteiger charge is -2.02. The number of fused-ring (bicyclic) bond motifs is 1. The van der Waals surface area contributed by atoms with Gasteiger partial charge in [0.15, 0.2) is 5.01 Å². The first-order valence-corrected chi connectivity index (χ1v) is 8.44. The van der Waals surface area contributed by atoms with Gasteiger partial charge in [0.25, 0.3) is 11.8 Å². The maximum absolute atomic E-state index is 12.2. The Morgan fingerprint density at radius 3 is 2.64 bits per heavy atom. The number of amides is 2. The fraction of sp³-hybridized carbons (Fsp3) is 0.105. The number of thiazole rings is 1. The predicted molar refractivity (Wildman–Crippen MR) is 98.7 cm³/mol. The second-order valence-corrected chi connectivity index (χ2v) is 6.13. The molecule has 0 aliphatic rings. The SMILES string of the molecule is CNC(=O)c1ccccc1C#CCNC(=O)c1nc2ccccc2s1. The van der Waals surface area contributed by atoms with Crippen LogP contribution in [-0.2, 0) is 0 Å². The van der Waals surface area contributed by atoms with Crippen LogP contribution < -0.4 is 10.6 Å². The average Bonchev–Trinajstić information content (AvgIpc) is 3.09. The summed E-state index contributed by atoms with van der Waals surface area (Å²) in [6, 6.07) is 14.7. The molecule has 1 heterocycles. The largest absolute Gasteiger partial charge is 0.355 e. The van der Waals surface area contributed by atoms with Crippen molar-refractivity contribution in [2.75, 3.05) is 13.6 Å². The molecule has 0 radical (unpaired) electrons. The number of hydrogen-bond donors (Lipinski definition) is 2. The van der Waals surface area contributed by atoms with Crippen LogP contribution in [0.25, 0.3) is 10.2 Å². The number of para-hydroxylation sites is 1. The van der Waals surface area contributed by atoms with Crippen LogP contribution in [0.2, 0.25) is 0 Å². The normalized spacial score (nSPS) is 9.96. The molecule has 25 heavy (non-hydrogen) atoms. The lowest BCUT2D eigenvalue weighted by molar-refractivity contribution is 0.0952. The molecule has 0 atom stereocenters. The lowest BCUT2D eigenvalue weighted by Crippen LogP contribution is -2.23. The van der Waals surface area contributed by atoms with Crippen LogP contribution in [0.5, 0.6) is 0 Å². The van der Waals surface area contributed by atoms with Gasteiger partial charge in [0, 0.05) is 12.6 Å². The van der Waals surface area contributed by atoms with Gasteiger partial charge >= 0.3 is 0 Å². The molecule has 1 aromatic heterocycles. The monoisotopic (exact) mass is 349 g/mol. The highest BCUT2D eigenvalue weighted by Crippen LogP contribution is 2.21. The van der Waals surface area contributed by atoms with Gasteiger partial charge in [0.1, 0.15) is 0 Å². The Hall–Kier alpha value is -3.17. The molecule has 2 amide bonds. The summed E-state index contributed by atoms with van der Waals surface area (Å²) in [4.78, 5) is 28.2. The summed E-state index contributed by atoms with van der Waals surface area (Å²) in [6.07, 6.45) is 0. The molecule has 3 rings (SSSR count). The summed E-state index contributed by atoms with van der Waals surface area (Å²) in [6.45, 7) is 0.177. The van der Waals surface area contributed by atoms with Crippen LogP contribution in [0.15, 0.2) is 48.5 Å². The summed E-state index contributed by atoms with van der Waals surface area (Å²) < 4.78 is 0.971. The van der Waals surface area contributed by atoms with Gasteiger partial charge in [-0.2, -0.15) is 0 Å². The van der Waals surface area contributed by atoms with Crippen LogP contribution in [0.3, 0.4) is 0 Å². The first-order chi connectivity index (χ1) is 12.2. The van der Waals surface area contributed by atoms with E-state index in [0.29, 0.717) is 16.1 Å². The molecular formula is C19H15N3O2S. The average molecular weight is 349 g/mol. The molecule has 2 N–H and O–H groups in total. The number of hydrogen-bond acceptors (Lipinski definition) is 4. The van der Waals surface area contributed by atoms with E-state index in [-0.39, 0.29) is 18.4 Å². The van der Waals surface area contributed by atoms with Gasteiger partial charge < -0.3 is 10.6 Å². The van der Waals surface area contributed by atoms with E-state index in [2.05, 4.69) is 27.5 Å². The molecule has 0 fully saturated rings. The van der Waals surface area contributed by atoms with E-state index in [1.807, 2.05) is 30.3 Å². The minimum Gasteiger partial charge on any atom is -0.355 e. The van der Waals surface area contributed by atoms with Crippen LogP contribution in [0, 0.1) is 11.8 Å². The third-order valence-electron chi connectivity index (χ3n) is 3.45. The fourth-order valence-electron chi connectivity index (χ4n) is 2.23. The Morgan fingerprint density at radius 1 is 1.08 bits per heavy atom. The van der Waals surface area contributed by atoms with Crippen molar-refractivity contribution in [2.24, 2.45) is 0 Å². The summed E-state index contributed by atoms with van der Waals surface area (Å²) in [5.74, 6) is 5.34.